The van der Waals surface area contributed by atoms with Crippen molar-refractivity contribution in [1.82, 2.24) is 10.6 Å². The Labute approximate surface area is 127 Å². The molecule has 1 aliphatic rings. The van der Waals surface area contributed by atoms with Gasteiger partial charge in [0.15, 0.2) is 0 Å². The molecule has 1 aromatic rings. The maximum Gasteiger partial charge on any atom is 0.224 e. The van der Waals surface area contributed by atoms with Crippen LogP contribution in [-0.4, -0.2) is 32.7 Å². The van der Waals surface area contributed by atoms with Crippen molar-refractivity contribution in [3.8, 4) is 0 Å². The lowest BCUT2D eigenvalue weighted by atomic mass is 9.98. The van der Waals surface area contributed by atoms with E-state index in [1.807, 2.05) is 0 Å². The van der Waals surface area contributed by atoms with Crippen molar-refractivity contribution in [1.29, 1.82) is 0 Å². The second-order valence-electron chi connectivity index (χ2n) is 5.68. The summed E-state index contributed by atoms with van der Waals surface area (Å²) in [6.45, 7) is 3.25. The summed E-state index contributed by atoms with van der Waals surface area (Å²) in [6.07, 6.45) is 4.13. The highest BCUT2D eigenvalue weighted by molar-refractivity contribution is 5.78. The molecule has 4 nitrogen and oxygen atoms in total. The third kappa shape index (κ3) is 5.48. The first-order valence-corrected chi connectivity index (χ1v) is 7.85. The first-order chi connectivity index (χ1) is 10.3. The molecule has 0 aromatic heterocycles. The Balaban J connectivity index is 1.79. The van der Waals surface area contributed by atoms with Crippen LogP contribution in [0.2, 0.25) is 0 Å². The zero-order chi connectivity index (χ0) is 14.9. The van der Waals surface area contributed by atoms with Crippen molar-refractivity contribution in [2.45, 2.75) is 32.2 Å². The summed E-state index contributed by atoms with van der Waals surface area (Å²) < 4.78 is 5.08. The number of carbonyl (C=O) groups excluding carboxylic acids is 1. The minimum atomic E-state index is 0.128. The van der Waals surface area contributed by atoms with E-state index in [2.05, 4.69) is 34.9 Å². The molecule has 116 valence electrons. The van der Waals surface area contributed by atoms with E-state index >= 15 is 0 Å². The average molecular weight is 290 g/mol. The van der Waals surface area contributed by atoms with Gasteiger partial charge in [-0.1, -0.05) is 24.3 Å². The Kier molecular flexibility index (Phi) is 6.70. The molecule has 1 atom stereocenters. The molecule has 2 N–H and O–H groups in total. The maximum absolute atomic E-state index is 12.1. The van der Waals surface area contributed by atoms with Crippen molar-refractivity contribution >= 4 is 5.91 Å². The third-order valence-corrected chi connectivity index (χ3v) is 3.94. The number of hydrogen-bond acceptors (Lipinski definition) is 3. The van der Waals surface area contributed by atoms with Gasteiger partial charge >= 0.3 is 0 Å². The number of rotatable bonds is 7. The number of ether oxygens (including phenoxy) is 1. The fourth-order valence-corrected chi connectivity index (χ4v) is 2.72. The molecule has 1 unspecified atom stereocenters. The summed E-state index contributed by atoms with van der Waals surface area (Å²) in [5.41, 5.74) is 2.47. The van der Waals surface area contributed by atoms with Gasteiger partial charge in [0.05, 0.1) is 5.92 Å². The molecule has 1 amide bonds. The molecule has 0 spiro atoms. The van der Waals surface area contributed by atoms with Gasteiger partial charge in [0.1, 0.15) is 0 Å². The van der Waals surface area contributed by atoms with E-state index in [1.54, 1.807) is 7.11 Å². The molecule has 4 heteroatoms. The molecule has 0 bridgehead atoms. The summed E-state index contributed by atoms with van der Waals surface area (Å²) in [7, 11) is 1.73. The van der Waals surface area contributed by atoms with Crippen LogP contribution in [0.5, 0.6) is 0 Å². The van der Waals surface area contributed by atoms with Crippen LogP contribution < -0.4 is 10.6 Å². The van der Waals surface area contributed by atoms with Gasteiger partial charge in [0, 0.05) is 26.8 Å². The van der Waals surface area contributed by atoms with Crippen LogP contribution in [0.3, 0.4) is 0 Å². The van der Waals surface area contributed by atoms with Crippen molar-refractivity contribution < 1.29 is 9.53 Å². The Morgan fingerprint density at radius 3 is 3.05 bits per heavy atom. The summed E-state index contributed by atoms with van der Waals surface area (Å²) in [4.78, 5) is 12.1. The van der Waals surface area contributed by atoms with Gasteiger partial charge < -0.3 is 15.4 Å². The van der Waals surface area contributed by atoms with E-state index in [9.17, 15) is 4.79 Å². The summed E-state index contributed by atoms with van der Waals surface area (Å²) >= 11 is 0. The zero-order valence-electron chi connectivity index (χ0n) is 12.9. The van der Waals surface area contributed by atoms with E-state index in [-0.39, 0.29) is 11.8 Å². The second-order valence-corrected chi connectivity index (χ2v) is 5.68. The van der Waals surface area contributed by atoms with Crippen LogP contribution in [0.4, 0.5) is 0 Å². The fourth-order valence-electron chi connectivity index (χ4n) is 2.72. The van der Waals surface area contributed by atoms with Crippen LogP contribution in [0.15, 0.2) is 24.3 Å². The predicted molar refractivity (Wildman–Crippen MR) is 84.1 cm³/mol. The van der Waals surface area contributed by atoms with Crippen molar-refractivity contribution in [3.05, 3.63) is 35.4 Å². The molecular formula is C17H26N2O2. The van der Waals surface area contributed by atoms with Gasteiger partial charge in [-0.2, -0.15) is 0 Å². The first kappa shape index (κ1) is 16.0. The zero-order valence-corrected chi connectivity index (χ0v) is 12.9. The minimum absolute atomic E-state index is 0.128. The van der Waals surface area contributed by atoms with Crippen LogP contribution in [0.1, 0.15) is 30.4 Å². The Morgan fingerprint density at radius 2 is 2.29 bits per heavy atom. The largest absolute Gasteiger partial charge is 0.385 e. The Morgan fingerprint density at radius 1 is 1.43 bits per heavy atom. The van der Waals surface area contributed by atoms with Gasteiger partial charge in [-0.15, -0.1) is 0 Å². The highest BCUT2D eigenvalue weighted by Gasteiger charge is 2.20. The van der Waals surface area contributed by atoms with E-state index in [0.29, 0.717) is 6.54 Å². The SMILES string of the molecule is COCCCc1cccc(CNC(=O)C2CCCNC2)c1. The number of hydrogen-bond donors (Lipinski definition) is 2. The predicted octanol–water partition coefficient (Wildman–Crippen LogP) is 1.88. The van der Waals surface area contributed by atoms with Gasteiger partial charge in [-0.3, -0.25) is 4.79 Å². The van der Waals surface area contributed by atoms with Gasteiger partial charge in [-0.05, 0) is 43.4 Å². The lowest BCUT2D eigenvalue weighted by molar-refractivity contribution is -0.125. The topological polar surface area (TPSA) is 50.4 Å². The number of carbonyl (C=O) groups is 1. The molecule has 0 aliphatic carbocycles. The fraction of sp³-hybridized carbons (Fsp3) is 0.588. The number of aryl methyl sites for hydroxylation is 1. The quantitative estimate of drug-likeness (QED) is 0.754. The second kappa shape index (κ2) is 8.80. The molecular weight excluding hydrogens is 264 g/mol. The van der Waals surface area contributed by atoms with Crippen molar-refractivity contribution in [3.63, 3.8) is 0 Å². The molecule has 1 fully saturated rings. The van der Waals surface area contributed by atoms with Gasteiger partial charge in [0.2, 0.25) is 5.91 Å². The van der Waals surface area contributed by atoms with Crippen molar-refractivity contribution in [2.75, 3.05) is 26.8 Å². The lowest BCUT2D eigenvalue weighted by Crippen LogP contribution is -2.40. The number of amides is 1. The number of methoxy groups -OCH3 is 1. The van der Waals surface area contributed by atoms with E-state index in [0.717, 1.165) is 45.4 Å². The third-order valence-electron chi connectivity index (χ3n) is 3.94. The average Bonchev–Trinajstić information content (AvgIpc) is 2.54. The summed E-state index contributed by atoms with van der Waals surface area (Å²) in [6, 6.07) is 8.44. The molecule has 1 aromatic carbocycles. The number of piperidine rings is 1. The molecule has 0 saturated carbocycles. The normalized spacial score (nSPS) is 18.4. The first-order valence-electron chi connectivity index (χ1n) is 7.85. The molecule has 1 aliphatic heterocycles. The van der Waals surface area contributed by atoms with E-state index < -0.39 is 0 Å². The van der Waals surface area contributed by atoms with Crippen LogP contribution >= 0.6 is 0 Å². The number of nitrogens with one attached hydrogen (secondary N) is 2. The molecule has 2 rings (SSSR count). The molecule has 21 heavy (non-hydrogen) atoms. The monoisotopic (exact) mass is 290 g/mol. The minimum Gasteiger partial charge on any atom is -0.385 e. The lowest BCUT2D eigenvalue weighted by Gasteiger charge is -2.21. The highest BCUT2D eigenvalue weighted by Crippen LogP contribution is 2.11. The van der Waals surface area contributed by atoms with E-state index in [1.165, 1.54) is 11.1 Å². The highest BCUT2D eigenvalue weighted by atomic mass is 16.5. The summed E-state index contributed by atoms with van der Waals surface area (Å²) in [5.74, 6) is 0.302. The molecule has 0 radical (unpaired) electrons. The summed E-state index contributed by atoms with van der Waals surface area (Å²) in [5, 5.41) is 6.34. The standard InChI is InChI=1S/C17H26N2O2/c1-21-10-4-7-14-5-2-6-15(11-14)12-19-17(20)16-8-3-9-18-13-16/h2,5-6,11,16,18H,3-4,7-10,12-13H2,1H3,(H,19,20). The molecule has 1 saturated heterocycles. The molecule has 1 heterocycles. The smallest absolute Gasteiger partial charge is 0.224 e. The Bertz CT molecular complexity index is 442. The Hall–Kier alpha value is -1.39. The van der Waals surface area contributed by atoms with Crippen LogP contribution in [0, 0.1) is 5.92 Å². The van der Waals surface area contributed by atoms with Crippen LogP contribution in [0.25, 0.3) is 0 Å². The maximum atomic E-state index is 12.1. The van der Waals surface area contributed by atoms with E-state index in [4.69, 9.17) is 4.74 Å². The van der Waals surface area contributed by atoms with Crippen molar-refractivity contribution in [2.24, 2.45) is 5.92 Å². The van der Waals surface area contributed by atoms with Crippen LogP contribution in [-0.2, 0) is 22.5 Å². The van der Waals surface area contributed by atoms with Gasteiger partial charge in [-0.25, -0.2) is 0 Å². The number of benzene rings is 1. The van der Waals surface area contributed by atoms with Gasteiger partial charge in [0.25, 0.3) is 0 Å².